The van der Waals surface area contributed by atoms with Crippen molar-refractivity contribution in [2.45, 2.75) is 68.3 Å². The molecule has 0 aromatic heterocycles. The highest BCUT2D eigenvalue weighted by Gasteiger charge is 2.74. The number of likely N-dealkylation sites (tertiary alicyclic amines) is 1. The first kappa shape index (κ1) is 22.7. The van der Waals surface area contributed by atoms with E-state index >= 15 is 0 Å². The molecule has 1 spiro atoms. The third kappa shape index (κ3) is 2.90. The zero-order valence-corrected chi connectivity index (χ0v) is 20.5. The van der Waals surface area contributed by atoms with Gasteiger partial charge in [-0.15, -0.1) is 12.4 Å². The van der Waals surface area contributed by atoms with Gasteiger partial charge in [0.2, 0.25) is 0 Å². The predicted molar refractivity (Wildman–Crippen MR) is 131 cm³/mol. The number of nitrogens with zero attached hydrogens (tertiary/aromatic N) is 1. The highest BCUT2D eigenvalue weighted by Crippen LogP contribution is 2.66. The standard InChI is InChI=1S/C27H28ClNO4.ClH/c28-19-4-2-1-3-18(19)15-32-27-10-9-21(31)25-26(27)11-12-29(14-16-5-6-16)22(27)13-17-7-8-20(30)24(33-25)23(17)26;/h1-4,7-8,16,22,25,30H,5-6,9-15H2;1H/t22-,25?,26+,27-;/m1./s1. The van der Waals surface area contributed by atoms with Gasteiger partial charge >= 0.3 is 0 Å². The summed E-state index contributed by atoms with van der Waals surface area (Å²) in [5, 5.41) is 11.4. The molecule has 1 N–H and O–H groups in total. The summed E-state index contributed by atoms with van der Waals surface area (Å²) < 4.78 is 13.4. The molecular formula is C27H29Cl2NO4. The number of phenols is 1. The van der Waals surface area contributed by atoms with Crippen molar-refractivity contribution in [2.75, 3.05) is 13.1 Å². The molecule has 7 rings (SSSR count). The Labute approximate surface area is 210 Å². The summed E-state index contributed by atoms with van der Waals surface area (Å²) in [6.45, 7) is 2.43. The van der Waals surface area contributed by atoms with E-state index in [1.807, 2.05) is 30.3 Å². The zero-order valence-electron chi connectivity index (χ0n) is 19.0. The first-order chi connectivity index (χ1) is 16.0. The Morgan fingerprint density at radius 1 is 1.18 bits per heavy atom. The van der Waals surface area contributed by atoms with E-state index in [1.165, 1.54) is 18.4 Å². The minimum Gasteiger partial charge on any atom is -0.504 e. The van der Waals surface area contributed by atoms with Gasteiger partial charge in [-0.2, -0.15) is 0 Å². The van der Waals surface area contributed by atoms with Gasteiger partial charge in [0.05, 0.1) is 17.6 Å². The lowest BCUT2D eigenvalue weighted by Gasteiger charge is -2.64. The number of benzene rings is 2. The maximum absolute atomic E-state index is 13.3. The first-order valence-corrected chi connectivity index (χ1v) is 12.6. The normalized spacial score (nSPS) is 33.1. The summed E-state index contributed by atoms with van der Waals surface area (Å²) in [4.78, 5) is 15.9. The smallest absolute Gasteiger partial charge is 0.174 e. The number of aromatic hydroxyl groups is 1. The molecule has 34 heavy (non-hydrogen) atoms. The molecule has 2 bridgehead atoms. The molecule has 0 amide bonds. The van der Waals surface area contributed by atoms with Crippen molar-refractivity contribution in [1.29, 1.82) is 0 Å². The second kappa shape index (κ2) is 7.86. The van der Waals surface area contributed by atoms with E-state index < -0.39 is 17.1 Å². The molecule has 2 heterocycles. The van der Waals surface area contributed by atoms with Gasteiger partial charge < -0.3 is 14.6 Å². The molecule has 180 valence electrons. The van der Waals surface area contributed by atoms with E-state index in [0.29, 0.717) is 30.2 Å². The molecule has 3 fully saturated rings. The number of carbonyl (C=O) groups excluding carboxylic acids is 1. The number of carbonyl (C=O) groups is 1. The molecule has 2 aromatic carbocycles. The van der Waals surface area contributed by atoms with Crippen molar-refractivity contribution in [2.24, 2.45) is 5.92 Å². The lowest BCUT2D eigenvalue weighted by atomic mass is 9.48. The fraction of sp³-hybridized carbons (Fsp3) is 0.519. The van der Waals surface area contributed by atoms with Gasteiger partial charge in [0.1, 0.15) is 0 Å². The Kier molecular flexibility index (Phi) is 5.24. The quantitative estimate of drug-likeness (QED) is 0.635. The lowest BCUT2D eigenvalue weighted by molar-refractivity contribution is -0.218. The van der Waals surface area contributed by atoms with Crippen LogP contribution in [0.25, 0.3) is 0 Å². The summed E-state index contributed by atoms with van der Waals surface area (Å²) >= 11 is 6.50. The number of ether oxygens (including phenoxy) is 2. The van der Waals surface area contributed by atoms with E-state index in [2.05, 4.69) is 4.90 Å². The van der Waals surface area contributed by atoms with Crippen LogP contribution in [0.1, 0.15) is 48.8 Å². The first-order valence-electron chi connectivity index (χ1n) is 12.2. The molecule has 5 nitrogen and oxygen atoms in total. The average molecular weight is 502 g/mol. The number of halogens is 2. The number of phenolic OH excluding ortho intramolecular Hbond substituents is 1. The maximum Gasteiger partial charge on any atom is 0.174 e. The third-order valence-electron chi connectivity index (χ3n) is 8.96. The minimum atomic E-state index is -0.592. The van der Waals surface area contributed by atoms with E-state index in [1.54, 1.807) is 6.07 Å². The SMILES string of the molecule is Cl.O=C1CC[C@@]2(OCc3ccccc3Cl)[C@H]3Cc4ccc(O)c5c4[C@@]2(CCN3CC2CC2)C1O5. The fourth-order valence-corrected chi connectivity index (χ4v) is 7.54. The van der Waals surface area contributed by atoms with Crippen LogP contribution in [0, 0.1) is 5.92 Å². The van der Waals surface area contributed by atoms with Crippen LogP contribution in [0.2, 0.25) is 5.02 Å². The summed E-state index contributed by atoms with van der Waals surface area (Å²) in [6.07, 6.45) is 4.79. The van der Waals surface area contributed by atoms with Crippen molar-refractivity contribution in [3.8, 4) is 11.5 Å². The second-order valence-electron chi connectivity index (χ2n) is 10.6. The molecule has 2 saturated carbocycles. The largest absolute Gasteiger partial charge is 0.504 e. The molecule has 2 aliphatic heterocycles. The van der Waals surface area contributed by atoms with Crippen LogP contribution in [0.5, 0.6) is 11.5 Å². The number of ketones is 1. The van der Waals surface area contributed by atoms with E-state index in [-0.39, 0.29) is 30.0 Å². The molecule has 7 heteroatoms. The Balaban J connectivity index is 0.00000217. The number of piperidine rings is 1. The van der Waals surface area contributed by atoms with Crippen LogP contribution in [0.4, 0.5) is 0 Å². The van der Waals surface area contributed by atoms with Crippen LogP contribution >= 0.6 is 24.0 Å². The highest BCUT2D eigenvalue weighted by molar-refractivity contribution is 6.31. The molecule has 5 aliphatic rings. The molecule has 3 aliphatic carbocycles. The summed E-state index contributed by atoms with van der Waals surface area (Å²) in [6, 6.07) is 11.8. The monoisotopic (exact) mass is 501 g/mol. The van der Waals surface area contributed by atoms with E-state index in [0.717, 1.165) is 43.0 Å². The van der Waals surface area contributed by atoms with Gasteiger partial charge in [0.25, 0.3) is 0 Å². The fourth-order valence-electron chi connectivity index (χ4n) is 7.35. The van der Waals surface area contributed by atoms with E-state index in [4.69, 9.17) is 21.1 Å². The second-order valence-corrected chi connectivity index (χ2v) is 11.0. The Morgan fingerprint density at radius 2 is 2.00 bits per heavy atom. The average Bonchev–Trinajstić information content (AvgIpc) is 3.55. The molecule has 1 unspecified atom stereocenters. The van der Waals surface area contributed by atoms with Crippen LogP contribution in [0.15, 0.2) is 36.4 Å². The third-order valence-corrected chi connectivity index (χ3v) is 9.33. The molecule has 2 aromatic rings. The van der Waals surface area contributed by atoms with Crippen LogP contribution in [-0.2, 0) is 28.0 Å². The highest BCUT2D eigenvalue weighted by atomic mass is 35.5. The van der Waals surface area contributed by atoms with Gasteiger partial charge in [-0.1, -0.05) is 35.9 Å². The predicted octanol–water partition coefficient (Wildman–Crippen LogP) is 4.83. The van der Waals surface area contributed by atoms with Crippen molar-refractivity contribution in [3.63, 3.8) is 0 Å². The number of hydrogen-bond donors (Lipinski definition) is 1. The van der Waals surface area contributed by atoms with Gasteiger partial charge in [0.15, 0.2) is 23.4 Å². The zero-order chi connectivity index (χ0) is 22.4. The molecular weight excluding hydrogens is 473 g/mol. The Morgan fingerprint density at radius 3 is 2.79 bits per heavy atom. The van der Waals surface area contributed by atoms with Crippen LogP contribution < -0.4 is 4.74 Å². The Hall–Kier alpha value is -1.79. The van der Waals surface area contributed by atoms with E-state index in [9.17, 15) is 9.90 Å². The van der Waals surface area contributed by atoms with Crippen molar-refractivity contribution < 1.29 is 19.4 Å². The summed E-state index contributed by atoms with van der Waals surface area (Å²) in [5.74, 6) is 1.54. The number of Topliss-reactive ketones (excluding diaryl/α,β-unsaturated/α-hetero) is 1. The Bertz CT molecular complexity index is 1170. The summed E-state index contributed by atoms with van der Waals surface area (Å²) in [5.41, 5.74) is 2.08. The lowest BCUT2D eigenvalue weighted by Crippen LogP contribution is -2.77. The molecule has 4 atom stereocenters. The van der Waals surface area contributed by atoms with Gasteiger partial charge in [-0.3, -0.25) is 9.69 Å². The number of hydrogen-bond acceptors (Lipinski definition) is 5. The van der Waals surface area contributed by atoms with Crippen molar-refractivity contribution in [3.05, 3.63) is 58.1 Å². The maximum atomic E-state index is 13.3. The van der Waals surface area contributed by atoms with Gasteiger partial charge in [0, 0.05) is 29.6 Å². The van der Waals surface area contributed by atoms with Gasteiger partial charge in [-0.05, 0) is 67.8 Å². The molecule has 0 radical (unpaired) electrons. The summed E-state index contributed by atoms with van der Waals surface area (Å²) in [7, 11) is 0. The van der Waals surface area contributed by atoms with Gasteiger partial charge in [-0.25, -0.2) is 0 Å². The van der Waals surface area contributed by atoms with Crippen LogP contribution in [0.3, 0.4) is 0 Å². The van der Waals surface area contributed by atoms with Crippen LogP contribution in [-0.4, -0.2) is 46.6 Å². The molecule has 1 saturated heterocycles. The van der Waals surface area contributed by atoms with Crippen molar-refractivity contribution in [1.82, 2.24) is 4.90 Å². The number of rotatable bonds is 5. The topological polar surface area (TPSA) is 59.0 Å². The van der Waals surface area contributed by atoms with Crippen molar-refractivity contribution >= 4 is 29.8 Å². The minimum absolute atomic E-state index is 0.